The number of piperidine rings is 2. The molecule has 4 aliphatic rings. The molecule has 6 rings (SSSR count). The molecule has 4 aliphatic heterocycles. The Kier molecular flexibility index (Phi) is 14.4. The Labute approximate surface area is 320 Å². The van der Waals surface area contributed by atoms with Gasteiger partial charge in [0.05, 0.1) is 18.1 Å². The second kappa shape index (κ2) is 18.9. The molecule has 290 valence electrons. The lowest BCUT2D eigenvalue weighted by Gasteiger charge is -2.43. The number of fused-ring (bicyclic) bond motifs is 1. The number of urea groups is 1. The summed E-state index contributed by atoms with van der Waals surface area (Å²) in [4.78, 5) is 58.7. The van der Waals surface area contributed by atoms with Gasteiger partial charge in [-0.25, -0.2) is 14.7 Å². The first kappa shape index (κ1) is 40.3. The highest BCUT2D eigenvalue weighted by molar-refractivity contribution is 9.10. The van der Waals surface area contributed by atoms with Gasteiger partial charge in [0.25, 0.3) is 5.91 Å². The average molecular weight is 801 g/mol. The molecule has 0 bridgehead atoms. The molecular weight excluding hydrogens is 746 g/mol. The Hall–Kier alpha value is -3.92. The van der Waals surface area contributed by atoms with Crippen LogP contribution in [0.2, 0.25) is 0 Å². The molecule has 53 heavy (non-hydrogen) atoms. The molecule has 0 radical (unpaired) electrons. The lowest BCUT2D eigenvalue weighted by molar-refractivity contribution is -0.160. The molecule has 0 aliphatic carbocycles. The fourth-order valence-corrected chi connectivity index (χ4v) is 8.13. The van der Waals surface area contributed by atoms with Crippen LogP contribution < -0.4 is 5.32 Å². The third-order valence-electron chi connectivity index (χ3n) is 10.9. The van der Waals surface area contributed by atoms with Crippen LogP contribution in [0.3, 0.4) is 0 Å². The van der Waals surface area contributed by atoms with Crippen LogP contribution in [0.25, 0.3) is 0 Å². The molecule has 2 aromatic carbocycles. The van der Waals surface area contributed by atoms with Crippen molar-refractivity contribution in [3.8, 4) is 5.75 Å². The number of nitrogens with zero attached hydrogens (tertiary/aromatic N) is 6. The van der Waals surface area contributed by atoms with E-state index in [0.29, 0.717) is 41.6 Å². The molecule has 3 N–H and O–H groups in total. The number of phenols is 1. The average Bonchev–Trinajstić information content (AvgIpc) is 3.34. The summed E-state index contributed by atoms with van der Waals surface area (Å²) in [5.74, 6) is 0.00935. The highest BCUT2D eigenvalue weighted by Gasteiger charge is 2.33. The molecule has 14 nitrogen and oxygen atoms in total. The molecule has 3 fully saturated rings. The van der Waals surface area contributed by atoms with Crippen molar-refractivity contribution in [3.63, 3.8) is 0 Å². The summed E-state index contributed by atoms with van der Waals surface area (Å²) < 4.78 is 5.40. The fourth-order valence-electron chi connectivity index (χ4n) is 7.70. The van der Waals surface area contributed by atoms with Crippen LogP contribution in [-0.2, 0) is 27.2 Å². The minimum atomic E-state index is -0.286. The van der Waals surface area contributed by atoms with Crippen molar-refractivity contribution in [1.29, 1.82) is 0 Å². The summed E-state index contributed by atoms with van der Waals surface area (Å²) in [7, 11) is 2.76. The van der Waals surface area contributed by atoms with Crippen molar-refractivity contribution >= 4 is 45.6 Å². The first-order valence-electron chi connectivity index (χ1n) is 18.6. The summed E-state index contributed by atoms with van der Waals surface area (Å²) in [6.07, 6.45) is 4.80. The summed E-state index contributed by atoms with van der Waals surface area (Å²) >= 11 is 3.33. The van der Waals surface area contributed by atoms with E-state index in [4.69, 9.17) is 4.74 Å². The van der Waals surface area contributed by atoms with Gasteiger partial charge in [0, 0.05) is 89.6 Å². The number of hydroxylamine groups is 2. The van der Waals surface area contributed by atoms with E-state index in [1.165, 1.54) is 19.7 Å². The summed E-state index contributed by atoms with van der Waals surface area (Å²) in [6.45, 7) is 9.16. The Morgan fingerprint density at radius 1 is 0.925 bits per heavy atom. The first-order valence-corrected chi connectivity index (χ1v) is 19.4. The van der Waals surface area contributed by atoms with Gasteiger partial charge >= 0.3 is 12.1 Å². The van der Waals surface area contributed by atoms with E-state index in [-0.39, 0.29) is 48.2 Å². The number of phenolic OH excluding ortho intramolecular Hbond substituents is 1. The van der Waals surface area contributed by atoms with Crippen LogP contribution in [0.4, 0.5) is 15.3 Å². The number of methoxy groups -OCH3 is 1. The summed E-state index contributed by atoms with van der Waals surface area (Å²) in [6, 6.07) is 13.9. The van der Waals surface area contributed by atoms with Gasteiger partial charge in [0.15, 0.2) is 0 Å². The van der Waals surface area contributed by atoms with E-state index in [9.17, 15) is 29.5 Å². The molecule has 3 saturated heterocycles. The standard InChI is InChI=1S/C22H33BrN4O4.C16H21N3O3/c1-16(13-17-3-4-20(28)19(23)14-17)22(30)27-11-9-26(10-12-27)18-5-7-25(8-6-18)15-21(29)24(2)31;1-22-16(21)18-9-7-13(8-10-18)19-11-6-12-4-2-3-5-14(12)17-15(19)20/h3-4,14,16,18,28,31H,5-13,15H2,1-2H3;2-5,13H,6-11H2,1H3,(H,17,20)/t16-;/m1./s1. The number of amides is 5. The molecule has 0 aromatic heterocycles. The Bertz CT molecular complexity index is 1570. The molecule has 5 amide bonds. The van der Waals surface area contributed by atoms with Crippen LogP contribution in [0.15, 0.2) is 46.9 Å². The zero-order valence-electron chi connectivity index (χ0n) is 31.1. The SMILES string of the molecule is COC(=O)N1CCC(N2CCc3ccccc3NC2=O)CC1.C[C@H](Cc1ccc(O)c(Br)c1)C(=O)N1CCN(C2CCN(CC(=O)N(C)O)CC2)CC1. The monoisotopic (exact) mass is 799 g/mol. The van der Waals surface area contributed by atoms with Gasteiger partial charge in [0.2, 0.25) is 5.91 Å². The van der Waals surface area contributed by atoms with Crippen LogP contribution in [0.1, 0.15) is 43.7 Å². The lowest BCUT2D eigenvalue weighted by atomic mass is 9.98. The number of likely N-dealkylation sites (N-methyl/N-ethyl adjacent to an activating group) is 1. The maximum absolute atomic E-state index is 12.9. The molecule has 0 saturated carbocycles. The number of anilines is 1. The van der Waals surface area contributed by atoms with E-state index < -0.39 is 0 Å². The third kappa shape index (κ3) is 10.8. The van der Waals surface area contributed by atoms with E-state index in [1.807, 2.05) is 47.1 Å². The highest BCUT2D eigenvalue weighted by Crippen LogP contribution is 2.27. The zero-order chi connectivity index (χ0) is 38.1. The van der Waals surface area contributed by atoms with E-state index >= 15 is 0 Å². The number of ether oxygens (including phenoxy) is 1. The Morgan fingerprint density at radius 3 is 2.23 bits per heavy atom. The van der Waals surface area contributed by atoms with E-state index in [1.54, 1.807) is 11.0 Å². The summed E-state index contributed by atoms with van der Waals surface area (Å²) in [5.41, 5.74) is 3.11. The van der Waals surface area contributed by atoms with E-state index in [0.717, 1.165) is 82.6 Å². The predicted octanol–water partition coefficient (Wildman–Crippen LogP) is 4.10. The van der Waals surface area contributed by atoms with Gasteiger partial charge < -0.3 is 29.9 Å². The zero-order valence-corrected chi connectivity index (χ0v) is 32.7. The topological polar surface area (TPSA) is 149 Å². The molecule has 2 aromatic rings. The lowest BCUT2D eigenvalue weighted by Crippen LogP contribution is -2.55. The molecule has 1 atom stereocenters. The number of carbonyl (C=O) groups is 4. The quantitative estimate of drug-likeness (QED) is 0.278. The third-order valence-corrected chi connectivity index (χ3v) is 11.5. The van der Waals surface area contributed by atoms with Crippen molar-refractivity contribution in [1.82, 2.24) is 29.6 Å². The second-order valence-electron chi connectivity index (χ2n) is 14.4. The van der Waals surface area contributed by atoms with Gasteiger partial charge in [-0.2, -0.15) is 0 Å². The number of nitrogens with one attached hydrogen (secondary N) is 1. The van der Waals surface area contributed by atoms with Gasteiger partial charge in [-0.1, -0.05) is 31.2 Å². The Morgan fingerprint density at radius 2 is 1.58 bits per heavy atom. The number of aromatic hydroxyl groups is 1. The van der Waals surface area contributed by atoms with Crippen molar-refractivity contribution in [2.45, 2.75) is 57.5 Å². The number of benzene rings is 2. The fraction of sp³-hybridized carbons (Fsp3) is 0.579. The Balaban J connectivity index is 0.000000216. The normalized spacial score (nSPS) is 19.6. The van der Waals surface area contributed by atoms with Crippen molar-refractivity contribution in [3.05, 3.63) is 58.1 Å². The van der Waals surface area contributed by atoms with Crippen LogP contribution in [-0.4, -0.2) is 156 Å². The van der Waals surface area contributed by atoms with Crippen LogP contribution in [0.5, 0.6) is 5.75 Å². The van der Waals surface area contributed by atoms with Crippen molar-refractivity contribution in [2.75, 3.05) is 84.9 Å². The number of rotatable bonds is 7. The molecular formula is C38H54BrN7O7. The second-order valence-corrected chi connectivity index (χ2v) is 15.3. The first-order chi connectivity index (χ1) is 25.4. The van der Waals surface area contributed by atoms with Crippen LogP contribution >= 0.6 is 15.9 Å². The van der Waals surface area contributed by atoms with Crippen molar-refractivity contribution in [2.24, 2.45) is 5.92 Å². The van der Waals surface area contributed by atoms with Gasteiger partial charge in [-0.3, -0.25) is 24.6 Å². The largest absolute Gasteiger partial charge is 0.507 e. The number of carbonyl (C=O) groups excluding carboxylic acids is 4. The minimum Gasteiger partial charge on any atom is -0.507 e. The number of halogens is 1. The number of hydrogen-bond acceptors (Lipinski definition) is 9. The maximum atomic E-state index is 12.9. The smallest absolute Gasteiger partial charge is 0.409 e. The van der Waals surface area contributed by atoms with Gasteiger partial charge in [-0.15, -0.1) is 0 Å². The van der Waals surface area contributed by atoms with Gasteiger partial charge in [0.1, 0.15) is 5.75 Å². The van der Waals surface area contributed by atoms with Gasteiger partial charge in [-0.05, 0) is 83.8 Å². The van der Waals surface area contributed by atoms with E-state index in [2.05, 4.69) is 37.1 Å². The minimum absolute atomic E-state index is 0.0403. The number of piperazine rings is 1. The maximum Gasteiger partial charge on any atom is 0.409 e. The molecule has 4 heterocycles. The molecule has 0 spiro atoms. The predicted molar refractivity (Wildman–Crippen MR) is 204 cm³/mol. The molecule has 0 unspecified atom stereocenters. The van der Waals surface area contributed by atoms with Crippen molar-refractivity contribution < 1.29 is 34.2 Å². The van der Waals surface area contributed by atoms with Crippen LogP contribution in [0, 0.1) is 5.92 Å². The molecule has 15 heteroatoms. The number of likely N-dealkylation sites (tertiary alicyclic amines) is 2. The highest BCUT2D eigenvalue weighted by atomic mass is 79.9. The summed E-state index contributed by atoms with van der Waals surface area (Å²) in [5, 5.41) is 22.5. The number of para-hydroxylation sites is 1. The number of hydrogen-bond donors (Lipinski definition) is 3.